The molecule has 0 amide bonds. The number of hydrogen-bond acceptors (Lipinski definition) is 3. The van der Waals surface area contributed by atoms with Crippen molar-refractivity contribution < 1.29 is 20.8 Å². The molecule has 2 N–H and O–H groups in total. The molecule has 0 fully saturated rings. The Labute approximate surface area is 84.3 Å². The van der Waals surface area contributed by atoms with Gasteiger partial charge in [-0.2, -0.15) is 0 Å². The summed E-state index contributed by atoms with van der Waals surface area (Å²) < 4.78 is 22.5. The van der Waals surface area contributed by atoms with E-state index in [1.54, 1.807) is 19.1 Å². The van der Waals surface area contributed by atoms with E-state index in [1.807, 2.05) is 0 Å². The number of hydrogen-bond donors (Lipinski definition) is 1. The van der Waals surface area contributed by atoms with Crippen molar-refractivity contribution in [2.45, 2.75) is 11.8 Å². The van der Waals surface area contributed by atoms with Crippen LogP contribution in [0.3, 0.4) is 0 Å². The molecule has 0 radical (unpaired) electrons. The summed E-state index contributed by atoms with van der Waals surface area (Å²) in [6.07, 6.45) is 0. The maximum Gasteiger partial charge on any atom is 0.178 e. The van der Waals surface area contributed by atoms with Crippen molar-refractivity contribution in [3.63, 3.8) is 0 Å². The summed E-state index contributed by atoms with van der Waals surface area (Å²) in [6, 6.07) is 6.22. The second kappa shape index (κ2) is 4.48. The van der Waals surface area contributed by atoms with E-state index in [2.05, 4.69) is 0 Å². The highest BCUT2D eigenvalue weighted by Crippen LogP contribution is 2.12. The number of nitrogens with two attached hydrogens (primary N) is 1. The number of nitrogen functional groups attached to an aromatic ring is 1. The Morgan fingerprint density at radius 1 is 1.23 bits per heavy atom. The predicted octanol–water partition coefficient (Wildman–Crippen LogP) is -1.93. The number of benzene rings is 1. The molecule has 0 aliphatic heterocycles. The average Bonchev–Trinajstić information content (AvgIpc) is 2.05. The maximum atomic E-state index is 11.3. The summed E-state index contributed by atoms with van der Waals surface area (Å²) in [5.74, 6) is 0.122. The van der Waals surface area contributed by atoms with E-state index in [0.29, 0.717) is 10.6 Å². The second-order valence-electron chi connectivity index (χ2n) is 2.47. The van der Waals surface area contributed by atoms with Gasteiger partial charge in [0.2, 0.25) is 0 Å². The fourth-order valence-electron chi connectivity index (χ4n) is 0.842. The van der Waals surface area contributed by atoms with Gasteiger partial charge in [0, 0.05) is 5.69 Å². The lowest BCUT2D eigenvalue weighted by Gasteiger charge is -2.00. The zero-order valence-corrected chi connectivity index (χ0v) is 8.77. The summed E-state index contributed by atoms with van der Waals surface area (Å²) >= 11 is 0. The predicted molar refractivity (Wildman–Crippen MR) is 48.6 cm³/mol. The first-order valence-electron chi connectivity index (χ1n) is 3.64. The summed E-state index contributed by atoms with van der Waals surface area (Å²) in [5, 5.41) is 0. The number of anilines is 1. The highest BCUT2D eigenvalue weighted by atomic mass is 35.5. The molecule has 0 bridgehead atoms. The van der Waals surface area contributed by atoms with Crippen molar-refractivity contribution in [3.8, 4) is 0 Å². The van der Waals surface area contributed by atoms with Gasteiger partial charge in [0.15, 0.2) is 9.84 Å². The minimum Gasteiger partial charge on any atom is -1.00 e. The molecule has 0 aliphatic carbocycles. The van der Waals surface area contributed by atoms with Crippen LogP contribution in [-0.2, 0) is 9.84 Å². The number of sulfone groups is 1. The Hall–Kier alpha value is -0.740. The van der Waals surface area contributed by atoms with Gasteiger partial charge in [0.05, 0.1) is 10.6 Å². The molecule has 5 heteroatoms. The largest absolute Gasteiger partial charge is 1.00 e. The SMILES string of the molecule is CCS(=O)(=O)c1ccc(N)cc1.[Cl-]. The fourth-order valence-corrected chi connectivity index (χ4v) is 1.73. The Balaban J connectivity index is 0.00000144. The monoisotopic (exact) mass is 220 g/mol. The molecule has 0 aliphatic rings. The highest BCUT2D eigenvalue weighted by molar-refractivity contribution is 7.91. The molecule has 13 heavy (non-hydrogen) atoms. The van der Waals surface area contributed by atoms with Gasteiger partial charge in [0.25, 0.3) is 0 Å². The van der Waals surface area contributed by atoms with Crippen LogP contribution >= 0.6 is 0 Å². The third-order valence-corrected chi connectivity index (χ3v) is 3.37. The summed E-state index contributed by atoms with van der Waals surface area (Å²) in [6.45, 7) is 1.62. The van der Waals surface area contributed by atoms with Gasteiger partial charge in [-0.15, -0.1) is 0 Å². The summed E-state index contributed by atoms with van der Waals surface area (Å²) in [4.78, 5) is 0.333. The molecule has 0 saturated heterocycles. The van der Waals surface area contributed by atoms with Gasteiger partial charge in [-0.05, 0) is 24.3 Å². The van der Waals surface area contributed by atoms with E-state index in [1.165, 1.54) is 12.1 Å². The van der Waals surface area contributed by atoms with Gasteiger partial charge in [-0.3, -0.25) is 0 Å². The van der Waals surface area contributed by atoms with Gasteiger partial charge in [0.1, 0.15) is 0 Å². The molecule has 0 heterocycles. The molecule has 1 rings (SSSR count). The minimum absolute atomic E-state index is 0. The van der Waals surface area contributed by atoms with E-state index < -0.39 is 9.84 Å². The van der Waals surface area contributed by atoms with Crippen LogP contribution in [0.2, 0.25) is 0 Å². The lowest BCUT2D eigenvalue weighted by Crippen LogP contribution is -3.00. The van der Waals surface area contributed by atoms with Gasteiger partial charge in [-0.25, -0.2) is 8.42 Å². The van der Waals surface area contributed by atoms with Crippen LogP contribution in [0.25, 0.3) is 0 Å². The van der Waals surface area contributed by atoms with Crippen LogP contribution in [-0.4, -0.2) is 14.2 Å². The van der Waals surface area contributed by atoms with Crippen LogP contribution in [0, 0.1) is 0 Å². The van der Waals surface area contributed by atoms with E-state index in [9.17, 15) is 8.42 Å². The van der Waals surface area contributed by atoms with E-state index in [-0.39, 0.29) is 18.2 Å². The molecule has 1 aromatic rings. The van der Waals surface area contributed by atoms with Crippen LogP contribution in [0.1, 0.15) is 6.92 Å². The number of halogens is 1. The standard InChI is InChI=1S/C8H11NO2S.ClH/c1-2-12(10,11)8-5-3-7(9)4-6-8;/h3-6H,2,9H2,1H3;1H/p-1. The molecule has 1 aromatic carbocycles. The van der Waals surface area contributed by atoms with Crippen molar-refractivity contribution in [1.29, 1.82) is 0 Å². The summed E-state index contributed by atoms with van der Waals surface area (Å²) in [7, 11) is -3.07. The quantitative estimate of drug-likeness (QED) is 0.591. The van der Waals surface area contributed by atoms with Crippen LogP contribution in [0.4, 0.5) is 5.69 Å². The maximum absolute atomic E-state index is 11.3. The van der Waals surface area contributed by atoms with Crippen LogP contribution in [0.5, 0.6) is 0 Å². The average molecular weight is 221 g/mol. The third kappa shape index (κ3) is 2.90. The van der Waals surface area contributed by atoms with Crippen molar-refractivity contribution >= 4 is 15.5 Å². The zero-order valence-electron chi connectivity index (χ0n) is 7.20. The van der Waals surface area contributed by atoms with Gasteiger partial charge >= 0.3 is 0 Å². The van der Waals surface area contributed by atoms with Crippen molar-refractivity contribution in [2.24, 2.45) is 0 Å². The molecule has 0 unspecified atom stereocenters. The molecule has 0 saturated carbocycles. The lowest BCUT2D eigenvalue weighted by atomic mass is 10.3. The first kappa shape index (κ1) is 12.3. The third-order valence-electron chi connectivity index (χ3n) is 1.62. The van der Waals surface area contributed by atoms with Crippen molar-refractivity contribution in [1.82, 2.24) is 0 Å². The molecule has 0 aromatic heterocycles. The Bertz CT molecular complexity index is 358. The highest BCUT2D eigenvalue weighted by Gasteiger charge is 2.09. The van der Waals surface area contributed by atoms with Gasteiger partial charge in [-0.1, -0.05) is 6.92 Å². The van der Waals surface area contributed by atoms with Gasteiger partial charge < -0.3 is 18.1 Å². The molecule has 0 atom stereocenters. The normalized spacial score (nSPS) is 10.5. The Morgan fingerprint density at radius 3 is 2.08 bits per heavy atom. The van der Waals surface area contributed by atoms with Crippen LogP contribution < -0.4 is 18.1 Å². The topological polar surface area (TPSA) is 60.2 Å². The molecule has 3 nitrogen and oxygen atoms in total. The first-order valence-corrected chi connectivity index (χ1v) is 5.30. The molecular formula is C8H11ClNO2S-. The zero-order chi connectivity index (χ0) is 9.19. The van der Waals surface area contributed by atoms with Crippen molar-refractivity contribution in [2.75, 3.05) is 11.5 Å². The molecular weight excluding hydrogens is 210 g/mol. The minimum atomic E-state index is -3.07. The van der Waals surface area contributed by atoms with Crippen molar-refractivity contribution in [3.05, 3.63) is 24.3 Å². The van der Waals surface area contributed by atoms with E-state index in [0.717, 1.165) is 0 Å². The first-order chi connectivity index (χ1) is 5.56. The smallest absolute Gasteiger partial charge is 0.178 e. The Kier molecular flexibility index (Phi) is 4.23. The summed E-state index contributed by atoms with van der Waals surface area (Å²) in [5.41, 5.74) is 5.99. The molecule has 74 valence electrons. The number of rotatable bonds is 2. The lowest BCUT2D eigenvalue weighted by molar-refractivity contribution is -0.00000494. The van der Waals surface area contributed by atoms with E-state index in [4.69, 9.17) is 5.73 Å². The van der Waals surface area contributed by atoms with E-state index >= 15 is 0 Å². The molecule has 0 spiro atoms. The fraction of sp³-hybridized carbons (Fsp3) is 0.250. The second-order valence-corrected chi connectivity index (χ2v) is 4.75. The Morgan fingerprint density at radius 2 is 1.69 bits per heavy atom. The van der Waals surface area contributed by atoms with Crippen LogP contribution in [0.15, 0.2) is 29.2 Å².